The van der Waals surface area contributed by atoms with E-state index in [9.17, 15) is 4.79 Å². The highest BCUT2D eigenvalue weighted by Gasteiger charge is 2.11. The van der Waals surface area contributed by atoms with Crippen LogP contribution in [-0.2, 0) is 0 Å². The first-order chi connectivity index (χ1) is 9.54. The number of aromatic amines is 2. The molecule has 6 heteroatoms. The van der Waals surface area contributed by atoms with Gasteiger partial charge in [0.15, 0.2) is 0 Å². The molecule has 1 unspecified atom stereocenters. The van der Waals surface area contributed by atoms with Gasteiger partial charge in [0.25, 0.3) is 0 Å². The van der Waals surface area contributed by atoms with Crippen LogP contribution in [0.2, 0.25) is 5.02 Å². The molecule has 0 spiro atoms. The molecule has 102 valence electrons. The average molecular weight is 353 g/mol. The number of imidazole rings is 1. The fraction of sp³-hybridized carbons (Fsp3) is 0.0714. The molecule has 1 aromatic heterocycles. The van der Waals surface area contributed by atoms with E-state index in [0.717, 1.165) is 26.6 Å². The molecule has 20 heavy (non-hydrogen) atoms. The molecule has 0 bridgehead atoms. The van der Waals surface area contributed by atoms with Gasteiger partial charge in [-0.25, -0.2) is 4.79 Å². The van der Waals surface area contributed by atoms with E-state index in [4.69, 9.17) is 17.3 Å². The van der Waals surface area contributed by atoms with Gasteiger partial charge in [0.1, 0.15) is 0 Å². The number of halogens is 2. The van der Waals surface area contributed by atoms with Crippen molar-refractivity contribution < 1.29 is 0 Å². The Morgan fingerprint density at radius 2 is 1.70 bits per heavy atom. The van der Waals surface area contributed by atoms with Gasteiger partial charge >= 0.3 is 5.69 Å². The lowest BCUT2D eigenvalue weighted by molar-refractivity contribution is 0.872. The van der Waals surface area contributed by atoms with Gasteiger partial charge < -0.3 is 15.7 Å². The minimum atomic E-state index is -0.286. The normalized spacial score (nSPS) is 12.8. The number of nitrogens with one attached hydrogen (secondary N) is 2. The second kappa shape index (κ2) is 5.09. The summed E-state index contributed by atoms with van der Waals surface area (Å²) in [4.78, 5) is 16.7. The van der Waals surface area contributed by atoms with Crippen LogP contribution >= 0.6 is 27.5 Å². The van der Waals surface area contributed by atoms with E-state index < -0.39 is 0 Å². The topological polar surface area (TPSA) is 74.7 Å². The standard InChI is InChI=1S/C14H11BrClN3O/c15-9-5-7(1-3-10(9)16)13(17)8-2-4-11-12(6-8)19-14(20)18-11/h1-6,13H,17H2,(H2,18,19,20). The van der Waals surface area contributed by atoms with Gasteiger partial charge in [-0.2, -0.15) is 0 Å². The van der Waals surface area contributed by atoms with Crippen LogP contribution < -0.4 is 11.4 Å². The van der Waals surface area contributed by atoms with Crippen molar-refractivity contribution in [3.8, 4) is 0 Å². The highest BCUT2D eigenvalue weighted by atomic mass is 79.9. The zero-order chi connectivity index (χ0) is 14.3. The van der Waals surface area contributed by atoms with Gasteiger partial charge in [0.05, 0.1) is 22.1 Å². The fourth-order valence-electron chi connectivity index (χ4n) is 2.14. The van der Waals surface area contributed by atoms with E-state index in [-0.39, 0.29) is 11.7 Å². The Bertz CT molecular complexity index is 840. The maximum absolute atomic E-state index is 11.3. The highest BCUT2D eigenvalue weighted by molar-refractivity contribution is 9.10. The molecule has 4 N–H and O–H groups in total. The SMILES string of the molecule is NC(c1ccc(Cl)c(Br)c1)c1ccc2[nH]c(=O)[nH]c2c1. The van der Waals surface area contributed by atoms with Gasteiger partial charge in [-0.1, -0.05) is 23.7 Å². The monoisotopic (exact) mass is 351 g/mol. The molecule has 0 aliphatic carbocycles. The first kappa shape index (κ1) is 13.4. The Morgan fingerprint density at radius 3 is 2.45 bits per heavy atom. The molecule has 0 saturated carbocycles. The third kappa shape index (κ3) is 2.40. The molecular weight excluding hydrogens is 342 g/mol. The molecule has 2 aromatic carbocycles. The maximum Gasteiger partial charge on any atom is 0.323 e. The molecule has 1 heterocycles. The molecule has 0 aliphatic rings. The summed E-state index contributed by atoms with van der Waals surface area (Å²) in [6.07, 6.45) is 0. The number of hydrogen-bond acceptors (Lipinski definition) is 2. The van der Waals surface area contributed by atoms with Crippen LogP contribution in [0.25, 0.3) is 11.0 Å². The largest absolute Gasteiger partial charge is 0.323 e. The van der Waals surface area contributed by atoms with E-state index >= 15 is 0 Å². The van der Waals surface area contributed by atoms with Crippen molar-refractivity contribution >= 4 is 38.6 Å². The Morgan fingerprint density at radius 1 is 1.05 bits per heavy atom. The molecule has 0 radical (unpaired) electrons. The first-order valence-corrected chi connectivity index (χ1v) is 7.14. The molecule has 1 atom stereocenters. The van der Waals surface area contributed by atoms with Crippen molar-refractivity contribution in [2.75, 3.05) is 0 Å². The minimum absolute atomic E-state index is 0.222. The summed E-state index contributed by atoms with van der Waals surface area (Å²) in [6, 6.07) is 10.9. The quantitative estimate of drug-likeness (QED) is 0.662. The van der Waals surface area contributed by atoms with Gasteiger partial charge in [0, 0.05) is 4.47 Å². The van der Waals surface area contributed by atoms with E-state index in [1.165, 1.54) is 0 Å². The van der Waals surface area contributed by atoms with Crippen molar-refractivity contribution in [3.05, 3.63) is 67.5 Å². The first-order valence-electron chi connectivity index (χ1n) is 5.97. The molecular formula is C14H11BrClN3O. The number of aromatic nitrogens is 2. The minimum Gasteiger partial charge on any atom is -0.320 e. The van der Waals surface area contributed by atoms with Crippen molar-refractivity contribution in [3.63, 3.8) is 0 Å². The second-order valence-electron chi connectivity index (χ2n) is 4.54. The molecule has 3 rings (SSSR count). The lowest BCUT2D eigenvalue weighted by Gasteiger charge is -2.13. The molecule has 0 saturated heterocycles. The summed E-state index contributed by atoms with van der Waals surface area (Å²) < 4.78 is 0.809. The third-order valence-corrected chi connectivity index (χ3v) is 4.42. The molecule has 0 fully saturated rings. The van der Waals surface area contributed by atoms with Crippen molar-refractivity contribution in [2.24, 2.45) is 5.73 Å². The van der Waals surface area contributed by atoms with Crippen LogP contribution in [0.1, 0.15) is 17.2 Å². The predicted molar refractivity (Wildman–Crippen MR) is 84.1 cm³/mol. The van der Waals surface area contributed by atoms with Crippen LogP contribution in [0.15, 0.2) is 45.7 Å². The number of benzene rings is 2. The number of nitrogens with two attached hydrogens (primary N) is 1. The average Bonchev–Trinajstić information content (AvgIpc) is 2.80. The van der Waals surface area contributed by atoms with E-state index in [1.807, 2.05) is 30.3 Å². The van der Waals surface area contributed by atoms with Crippen LogP contribution in [0.3, 0.4) is 0 Å². The smallest absolute Gasteiger partial charge is 0.320 e. The molecule has 0 amide bonds. The van der Waals surface area contributed by atoms with E-state index in [2.05, 4.69) is 25.9 Å². The van der Waals surface area contributed by atoms with Gasteiger partial charge in [0.2, 0.25) is 0 Å². The predicted octanol–water partition coefficient (Wildman–Crippen LogP) is 3.32. The van der Waals surface area contributed by atoms with Gasteiger partial charge in [-0.15, -0.1) is 0 Å². The summed E-state index contributed by atoms with van der Waals surface area (Å²) in [5.74, 6) is 0. The summed E-state index contributed by atoms with van der Waals surface area (Å²) in [5.41, 5.74) is 9.42. The molecule has 4 nitrogen and oxygen atoms in total. The second-order valence-corrected chi connectivity index (χ2v) is 5.80. The highest BCUT2D eigenvalue weighted by Crippen LogP contribution is 2.28. The Hall–Kier alpha value is -1.56. The number of hydrogen-bond donors (Lipinski definition) is 3. The molecule has 3 aromatic rings. The van der Waals surface area contributed by atoms with E-state index in [1.54, 1.807) is 6.07 Å². The lowest BCUT2D eigenvalue weighted by Crippen LogP contribution is -2.11. The summed E-state index contributed by atoms with van der Waals surface area (Å²) in [5, 5.41) is 0.645. The fourth-order valence-corrected chi connectivity index (χ4v) is 2.66. The van der Waals surface area contributed by atoms with Crippen molar-refractivity contribution in [2.45, 2.75) is 6.04 Å². The summed E-state index contributed by atoms with van der Waals surface area (Å²) >= 11 is 9.37. The lowest BCUT2D eigenvalue weighted by atomic mass is 9.99. The Labute approximate surface area is 128 Å². The summed E-state index contributed by atoms with van der Waals surface area (Å²) in [7, 11) is 0. The Balaban J connectivity index is 2.04. The van der Waals surface area contributed by atoms with Crippen molar-refractivity contribution in [1.29, 1.82) is 0 Å². The number of fused-ring (bicyclic) bond motifs is 1. The van der Waals surface area contributed by atoms with Gasteiger partial charge in [-0.3, -0.25) is 0 Å². The third-order valence-electron chi connectivity index (χ3n) is 3.20. The zero-order valence-electron chi connectivity index (χ0n) is 10.3. The molecule has 0 aliphatic heterocycles. The maximum atomic E-state index is 11.3. The van der Waals surface area contributed by atoms with Crippen LogP contribution in [0.4, 0.5) is 0 Å². The van der Waals surface area contributed by atoms with Crippen LogP contribution in [0, 0.1) is 0 Å². The summed E-state index contributed by atoms with van der Waals surface area (Å²) in [6.45, 7) is 0. The van der Waals surface area contributed by atoms with Gasteiger partial charge in [-0.05, 0) is 51.3 Å². The Kier molecular flexibility index (Phi) is 3.41. The zero-order valence-corrected chi connectivity index (χ0v) is 12.6. The number of H-pyrrole nitrogens is 2. The van der Waals surface area contributed by atoms with Crippen molar-refractivity contribution in [1.82, 2.24) is 9.97 Å². The number of rotatable bonds is 2. The van der Waals surface area contributed by atoms with E-state index in [0.29, 0.717) is 5.02 Å². The van der Waals surface area contributed by atoms with Crippen LogP contribution in [0.5, 0.6) is 0 Å². The van der Waals surface area contributed by atoms with Crippen LogP contribution in [-0.4, -0.2) is 9.97 Å².